The second-order valence-electron chi connectivity index (χ2n) is 8.15. The number of aromatic amines is 2. The van der Waals surface area contributed by atoms with Crippen LogP contribution in [0.1, 0.15) is 18.1 Å². The molecule has 2 aromatic heterocycles. The number of hydrogen-bond acceptors (Lipinski definition) is 5. The zero-order valence-corrected chi connectivity index (χ0v) is 18.3. The first kappa shape index (κ1) is 22.7. The van der Waals surface area contributed by atoms with Gasteiger partial charge in [0.05, 0.1) is 0 Å². The Bertz CT molecular complexity index is 1390. The predicted molar refractivity (Wildman–Crippen MR) is 125 cm³/mol. The van der Waals surface area contributed by atoms with Crippen LogP contribution in [0.3, 0.4) is 0 Å². The number of benzene rings is 2. The third-order valence-electron chi connectivity index (χ3n) is 5.66. The third kappa shape index (κ3) is 4.80. The average molecular weight is 464 g/mol. The van der Waals surface area contributed by atoms with Gasteiger partial charge in [0.1, 0.15) is 23.6 Å². The van der Waals surface area contributed by atoms with Gasteiger partial charge in [0, 0.05) is 54.0 Å². The number of amides is 2. The van der Waals surface area contributed by atoms with Crippen molar-refractivity contribution in [2.24, 2.45) is 0 Å². The fourth-order valence-corrected chi connectivity index (χ4v) is 4.04. The Hall–Kier alpha value is -4.47. The van der Waals surface area contributed by atoms with Crippen LogP contribution in [0.5, 0.6) is 11.5 Å². The number of nitrogens with one attached hydrogen (secondary N) is 4. The Morgan fingerprint density at radius 1 is 0.824 bits per heavy atom. The van der Waals surface area contributed by atoms with Gasteiger partial charge in [0.2, 0.25) is 11.8 Å². The van der Waals surface area contributed by atoms with E-state index in [1.54, 1.807) is 30.6 Å². The van der Waals surface area contributed by atoms with Gasteiger partial charge in [0.15, 0.2) is 0 Å². The molecular weight excluding hydrogens is 440 g/mol. The molecule has 0 fully saturated rings. The molecule has 0 saturated carbocycles. The van der Waals surface area contributed by atoms with E-state index in [1.807, 2.05) is 0 Å². The van der Waals surface area contributed by atoms with Crippen LogP contribution in [0.4, 0.5) is 0 Å². The van der Waals surface area contributed by atoms with Gasteiger partial charge in [-0.3, -0.25) is 9.59 Å². The first-order chi connectivity index (χ1) is 16.2. The number of carboxylic acids is 1. The third-order valence-corrected chi connectivity index (χ3v) is 5.66. The molecule has 0 aliphatic heterocycles. The predicted octanol–water partition coefficient (Wildman–Crippen LogP) is 1.92. The summed E-state index contributed by atoms with van der Waals surface area (Å²) < 4.78 is 0. The zero-order chi connectivity index (χ0) is 24.4. The molecule has 0 saturated heterocycles. The molecule has 4 aromatic rings. The molecule has 176 valence electrons. The van der Waals surface area contributed by atoms with E-state index in [1.165, 1.54) is 25.1 Å². The van der Waals surface area contributed by atoms with Gasteiger partial charge >= 0.3 is 5.97 Å². The highest BCUT2D eigenvalue weighted by atomic mass is 16.4. The summed E-state index contributed by atoms with van der Waals surface area (Å²) >= 11 is 0. The first-order valence-corrected chi connectivity index (χ1v) is 10.6. The maximum Gasteiger partial charge on any atom is 0.326 e. The normalized spacial score (nSPS) is 13.0. The number of fused-ring (bicyclic) bond motifs is 2. The molecule has 0 spiro atoms. The van der Waals surface area contributed by atoms with Crippen LogP contribution >= 0.6 is 0 Å². The van der Waals surface area contributed by atoms with E-state index < -0.39 is 29.9 Å². The first-order valence-electron chi connectivity index (χ1n) is 10.6. The molecule has 0 bridgehead atoms. The van der Waals surface area contributed by atoms with E-state index in [0.717, 1.165) is 11.0 Å². The quantitative estimate of drug-likeness (QED) is 0.210. The Kier molecular flexibility index (Phi) is 6.13. The average Bonchev–Trinajstić information content (AvgIpc) is 3.35. The molecule has 0 aliphatic carbocycles. The van der Waals surface area contributed by atoms with Crippen molar-refractivity contribution < 1.29 is 29.7 Å². The van der Waals surface area contributed by atoms with E-state index in [0.29, 0.717) is 21.9 Å². The lowest BCUT2D eigenvalue weighted by Gasteiger charge is -2.21. The molecule has 10 heteroatoms. The maximum atomic E-state index is 13.1. The molecule has 2 atom stereocenters. The van der Waals surface area contributed by atoms with Crippen molar-refractivity contribution in [2.45, 2.75) is 31.8 Å². The molecule has 0 radical (unpaired) electrons. The van der Waals surface area contributed by atoms with Gasteiger partial charge in [-0.1, -0.05) is 0 Å². The van der Waals surface area contributed by atoms with Crippen molar-refractivity contribution in [3.63, 3.8) is 0 Å². The summed E-state index contributed by atoms with van der Waals surface area (Å²) in [5.41, 5.74) is 2.77. The van der Waals surface area contributed by atoms with Crippen LogP contribution in [-0.4, -0.2) is 55.2 Å². The van der Waals surface area contributed by atoms with Crippen molar-refractivity contribution in [2.75, 3.05) is 0 Å². The van der Waals surface area contributed by atoms with Crippen LogP contribution in [-0.2, 0) is 27.2 Å². The fourth-order valence-electron chi connectivity index (χ4n) is 4.04. The lowest BCUT2D eigenvalue weighted by molar-refractivity contribution is -0.142. The summed E-state index contributed by atoms with van der Waals surface area (Å²) in [6.07, 6.45) is 3.37. The Morgan fingerprint density at radius 2 is 1.32 bits per heavy atom. The zero-order valence-electron chi connectivity index (χ0n) is 18.3. The summed E-state index contributed by atoms with van der Waals surface area (Å²) in [7, 11) is 0. The number of aromatic nitrogens is 2. The molecule has 2 amide bonds. The number of phenols is 2. The highest BCUT2D eigenvalue weighted by Crippen LogP contribution is 2.25. The highest BCUT2D eigenvalue weighted by Gasteiger charge is 2.28. The van der Waals surface area contributed by atoms with Crippen molar-refractivity contribution in [3.8, 4) is 11.5 Å². The second kappa shape index (κ2) is 9.18. The standard InChI is InChI=1S/C24H24N4O6/c1-12(29)27-21(6-13-10-25-19-4-2-15(30)8-17(13)19)23(32)28-22(24(33)34)7-14-11-26-20-5-3-16(31)9-18(14)20/h2-5,8-11,21-22,25-26,30-31H,6-7H2,1H3,(H,27,29)(H,28,32)(H,33,34)/t21-,22-/m0/s1. The Morgan fingerprint density at radius 3 is 1.79 bits per heavy atom. The molecule has 0 aliphatic rings. The van der Waals surface area contributed by atoms with Gasteiger partial charge in [-0.15, -0.1) is 0 Å². The molecule has 2 heterocycles. The van der Waals surface area contributed by atoms with Crippen LogP contribution in [0, 0.1) is 0 Å². The lowest BCUT2D eigenvalue weighted by Crippen LogP contribution is -2.52. The molecule has 4 rings (SSSR count). The van der Waals surface area contributed by atoms with Crippen molar-refractivity contribution in [1.29, 1.82) is 0 Å². The topological polar surface area (TPSA) is 168 Å². The summed E-state index contributed by atoms with van der Waals surface area (Å²) in [5.74, 6) is -2.23. The summed E-state index contributed by atoms with van der Waals surface area (Å²) in [5, 5.41) is 35.8. The molecule has 0 unspecified atom stereocenters. The van der Waals surface area contributed by atoms with Crippen LogP contribution in [0.2, 0.25) is 0 Å². The monoisotopic (exact) mass is 464 g/mol. The van der Waals surface area contributed by atoms with Crippen LogP contribution < -0.4 is 10.6 Å². The van der Waals surface area contributed by atoms with Crippen molar-refractivity contribution in [3.05, 3.63) is 59.9 Å². The number of carboxylic acid groups (broad SMARTS) is 1. The SMILES string of the molecule is CC(=O)N[C@@H](Cc1c[nH]c2ccc(O)cc12)C(=O)N[C@@H](Cc1c[nH]c2ccc(O)cc12)C(=O)O. The number of H-pyrrole nitrogens is 2. The number of carbonyl (C=O) groups is 3. The van der Waals surface area contributed by atoms with Gasteiger partial charge in [-0.2, -0.15) is 0 Å². The van der Waals surface area contributed by atoms with Crippen LogP contribution in [0.15, 0.2) is 48.8 Å². The molecule has 10 nitrogen and oxygen atoms in total. The Labute approximate surface area is 193 Å². The van der Waals surface area contributed by atoms with E-state index in [9.17, 15) is 29.7 Å². The smallest absolute Gasteiger partial charge is 0.326 e. The van der Waals surface area contributed by atoms with Gasteiger partial charge in [-0.25, -0.2) is 4.79 Å². The van der Waals surface area contributed by atoms with E-state index in [-0.39, 0.29) is 24.3 Å². The number of hydrogen-bond donors (Lipinski definition) is 7. The largest absolute Gasteiger partial charge is 0.508 e. The molecular formula is C24H24N4O6. The number of phenolic OH excluding ortho intramolecular Hbond substituents is 2. The number of carbonyl (C=O) groups excluding carboxylic acids is 2. The summed E-state index contributed by atoms with van der Waals surface area (Å²) in [6.45, 7) is 1.27. The second-order valence-corrected chi connectivity index (χ2v) is 8.15. The minimum Gasteiger partial charge on any atom is -0.508 e. The molecule has 7 N–H and O–H groups in total. The number of aromatic hydroxyl groups is 2. The highest BCUT2D eigenvalue weighted by molar-refractivity contribution is 5.92. The van der Waals surface area contributed by atoms with E-state index >= 15 is 0 Å². The van der Waals surface area contributed by atoms with Gasteiger partial charge < -0.3 is 35.9 Å². The fraction of sp³-hybridized carbons (Fsp3) is 0.208. The summed E-state index contributed by atoms with van der Waals surface area (Å²) in [6, 6.07) is 7.19. The maximum absolute atomic E-state index is 13.1. The lowest BCUT2D eigenvalue weighted by atomic mass is 10.0. The number of aliphatic carboxylic acids is 1. The number of rotatable bonds is 8. The summed E-state index contributed by atoms with van der Waals surface area (Å²) in [4.78, 5) is 42.9. The van der Waals surface area contributed by atoms with Gasteiger partial charge in [-0.05, 0) is 47.5 Å². The van der Waals surface area contributed by atoms with Crippen molar-refractivity contribution in [1.82, 2.24) is 20.6 Å². The minimum absolute atomic E-state index is 0.0295. The van der Waals surface area contributed by atoms with E-state index in [2.05, 4.69) is 20.6 Å². The van der Waals surface area contributed by atoms with Gasteiger partial charge in [0.25, 0.3) is 0 Å². The van der Waals surface area contributed by atoms with Crippen LogP contribution in [0.25, 0.3) is 21.8 Å². The minimum atomic E-state index is -1.27. The molecule has 2 aromatic carbocycles. The Balaban J connectivity index is 1.56. The van der Waals surface area contributed by atoms with E-state index in [4.69, 9.17) is 0 Å². The molecule has 34 heavy (non-hydrogen) atoms. The van der Waals surface area contributed by atoms with Crippen molar-refractivity contribution >= 4 is 39.6 Å².